The predicted molar refractivity (Wildman–Crippen MR) is 245 cm³/mol. The first-order chi connectivity index (χ1) is 27.4. The van der Waals surface area contributed by atoms with Crippen molar-refractivity contribution in [3.8, 4) is 33.4 Å². The minimum atomic E-state index is -1.46. The van der Waals surface area contributed by atoms with Crippen LogP contribution in [0.2, 0.25) is 0 Å². The minimum absolute atomic E-state index is 0. The Balaban J connectivity index is 0.000000138. The minimum Gasteiger partial charge on any atom is -0.455 e. The molecule has 6 nitrogen and oxygen atoms in total. The second-order valence-corrected chi connectivity index (χ2v) is 15.4. The number of fused-ring (bicyclic) bond motifs is 6. The van der Waals surface area contributed by atoms with Gasteiger partial charge in [-0.05, 0) is 120 Å². The third kappa shape index (κ3) is 8.51. The highest BCUT2D eigenvalue weighted by atomic mass is 79.9. The number of pyridine rings is 2. The number of nitrogens with zero attached hydrogens (tertiary/aromatic N) is 2. The van der Waals surface area contributed by atoms with Gasteiger partial charge in [-0.1, -0.05) is 114 Å². The van der Waals surface area contributed by atoms with Crippen LogP contribution in [0, 0.1) is 0 Å². The Labute approximate surface area is 355 Å². The van der Waals surface area contributed by atoms with E-state index in [0.717, 1.165) is 85.1 Å². The Kier molecular flexibility index (Phi) is 12.5. The van der Waals surface area contributed by atoms with E-state index in [0.29, 0.717) is 5.46 Å². The lowest BCUT2D eigenvalue weighted by atomic mass is 9.76. The summed E-state index contributed by atoms with van der Waals surface area (Å²) in [7, 11) is -1.46. The molecule has 0 spiro atoms. The van der Waals surface area contributed by atoms with Crippen LogP contribution in [0.5, 0.6) is 0 Å². The SMILES string of the molecule is Brc1ccc2c(c1)oc1c(Br)cccc12.Brc1cccc2c1oc1cc(-c3ccccc3-c3cccnc3)ccc12.C.OB(O)c1ccccc1-c1cccnc1. The van der Waals surface area contributed by atoms with E-state index in [2.05, 4.69) is 124 Å². The summed E-state index contributed by atoms with van der Waals surface area (Å²) in [5.74, 6) is 0. The average molecular weight is 941 g/mol. The Morgan fingerprint density at radius 2 is 0.965 bits per heavy atom. The van der Waals surface area contributed by atoms with Crippen LogP contribution in [0.15, 0.2) is 193 Å². The molecule has 0 saturated heterocycles. The number of benzene rings is 6. The van der Waals surface area contributed by atoms with Gasteiger partial charge in [-0.15, -0.1) is 0 Å². The van der Waals surface area contributed by atoms with Crippen LogP contribution in [0.25, 0.3) is 77.3 Å². The predicted octanol–water partition coefficient (Wildman–Crippen LogP) is 13.3. The van der Waals surface area contributed by atoms with E-state index in [9.17, 15) is 10.0 Å². The molecule has 4 heterocycles. The number of rotatable bonds is 4. The molecule has 0 unspecified atom stereocenters. The third-order valence-corrected chi connectivity index (χ3v) is 11.0. The Bertz CT molecular complexity index is 2950. The lowest BCUT2D eigenvalue weighted by molar-refractivity contribution is 0.426. The molecule has 0 atom stereocenters. The van der Waals surface area contributed by atoms with Crippen molar-refractivity contribution < 1.29 is 18.9 Å². The molecule has 2 N–H and O–H groups in total. The largest absolute Gasteiger partial charge is 0.489 e. The molecule has 280 valence electrons. The molecule has 0 bridgehead atoms. The topological polar surface area (TPSA) is 92.5 Å². The summed E-state index contributed by atoms with van der Waals surface area (Å²) in [4.78, 5) is 8.26. The fourth-order valence-corrected chi connectivity index (χ4v) is 7.92. The van der Waals surface area contributed by atoms with Crippen molar-refractivity contribution in [2.45, 2.75) is 7.43 Å². The first kappa shape index (κ1) is 39.9. The zero-order valence-corrected chi connectivity index (χ0v) is 34.2. The molecule has 4 aromatic heterocycles. The van der Waals surface area contributed by atoms with Crippen LogP contribution in [-0.2, 0) is 0 Å². The third-order valence-electron chi connectivity index (χ3n) is 9.29. The molecule has 0 saturated carbocycles. The van der Waals surface area contributed by atoms with Gasteiger partial charge in [0.1, 0.15) is 22.3 Å². The average Bonchev–Trinajstić information content (AvgIpc) is 3.81. The molecule has 57 heavy (non-hydrogen) atoms. The summed E-state index contributed by atoms with van der Waals surface area (Å²) in [6, 6.07) is 48.0. The highest BCUT2D eigenvalue weighted by Gasteiger charge is 2.16. The van der Waals surface area contributed by atoms with Crippen molar-refractivity contribution >= 4 is 104 Å². The van der Waals surface area contributed by atoms with Gasteiger partial charge in [-0.25, -0.2) is 0 Å². The van der Waals surface area contributed by atoms with E-state index in [1.165, 1.54) is 5.56 Å². The summed E-state index contributed by atoms with van der Waals surface area (Å²) in [5, 5.41) is 22.9. The Morgan fingerprint density at radius 1 is 0.456 bits per heavy atom. The second kappa shape index (κ2) is 17.8. The van der Waals surface area contributed by atoms with Crippen LogP contribution < -0.4 is 5.46 Å². The number of aromatic nitrogens is 2. The second-order valence-electron chi connectivity index (χ2n) is 12.8. The molecule has 0 amide bonds. The summed E-state index contributed by atoms with van der Waals surface area (Å²) < 4.78 is 14.9. The smallest absolute Gasteiger partial charge is 0.455 e. The maximum absolute atomic E-state index is 9.20. The van der Waals surface area contributed by atoms with Gasteiger partial charge in [-0.3, -0.25) is 9.97 Å². The molecule has 10 aromatic rings. The van der Waals surface area contributed by atoms with E-state index in [4.69, 9.17) is 8.83 Å². The number of halogens is 3. The van der Waals surface area contributed by atoms with Gasteiger partial charge in [0.2, 0.25) is 0 Å². The molecule has 6 aromatic carbocycles. The fourth-order valence-electron chi connectivity index (χ4n) is 6.68. The van der Waals surface area contributed by atoms with Crippen molar-refractivity contribution in [2.24, 2.45) is 0 Å². The number of furan rings is 2. The van der Waals surface area contributed by atoms with E-state index >= 15 is 0 Å². The fraction of sp³-hybridized carbons (Fsp3) is 0.0213. The first-order valence-electron chi connectivity index (χ1n) is 17.6. The highest BCUT2D eigenvalue weighted by Crippen LogP contribution is 2.38. The number of para-hydroxylation sites is 2. The van der Waals surface area contributed by atoms with Crippen molar-refractivity contribution in [3.05, 3.63) is 184 Å². The zero-order valence-electron chi connectivity index (χ0n) is 29.5. The van der Waals surface area contributed by atoms with Crippen LogP contribution >= 0.6 is 47.8 Å². The van der Waals surface area contributed by atoms with Crippen molar-refractivity contribution in [1.82, 2.24) is 9.97 Å². The number of hydrogen-bond acceptors (Lipinski definition) is 6. The normalized spacial score (nSPS) is 10.8. The zero-order chi connectivity index (χ0) is 38.6. The van der Waals surface area contributed by atoms with E-state index in [1.54, 1.807) is 30.7 Å². The Hall–Kier alpha value is -5.36. The maximum Gasteiger partial charge on any atom is 0.489 e. The molecule has 10 rings (SSSR count). The molecule has 0 radical (unpaired) electrons. The summed E-state index contributed by atoms with van der Waals surface area (Å²) in [5.41, 5.74) is 10.3. The van der Waals surface area contributed by atoms with Crippen LogP contribution in [-0.4, -0.2) is 27.1 Å². The van der Waals surface area contributed by atoms with Crippen molar-refractivity contribution in [3.63, 3.8) is 0 Å². The summed E-state index contributed by atoms with van der Waals surface area (Å²) >= 11 is 10.5. The van der Waals surface area contributed by atoms with E-state index in [1.807, 2.05) is 72.9 Å². The van der Waals surface area contributed by atoms with Gasteiger partial charge in [0.05, 0.1) is 8.95 Å². The van der Waals surface area contributed by atoms with Crippen LogP contribution in [0.3, 0.4) is 0 Å². The molecule has 0 aliphatic rings. The lowest BCUT2D eigenvalue weighted by Gasteiger charge is -2.09. The van der Waals surface area contributed by atoms with Gasteiger partial charge >= 0.3 is 7.12 Å². The van der Waals surface area contributed by atoms with Gasteiger partial charge in [0.25, 0.3) is 0 Å². The monoisotopic (exact) mass is 938 g/mol. The number of hydrogen-bond donors (Lipinski definition) is 2. The van der Waals surface area contributed by atoms with Crippen molar-refractivity contribution in [2.75, 3.05) is 0 Å². The van der Waals surface area contributed by atoms with Crippen LogP contribution in [0.1, 0.15) is 7.43 Å². The molecular weight excluding hydrogens is 907 g/mol. The summed E-state index contributed by atoms with van der Waals surface area (Å²) in [6.45, 7) is 0. The summed E-state index contributed by atoms with van der Waals surface area (Å²) in [6.07, 6.45) is 7.07. The van der Waals surface area contributed by atoms with Gasteiger partial charge < -0.3 is 18.9 Å². The highest BCUT2D eigenvalue weighted by molar-refractivity contribution is 9.11. The quantitative estimate of drug-likeness (QED) is 0.171. The van der Waals surface area contributed by atoms with Gasteiger partial charge in [-0.2, -0.15) is 0 Å². The molecular formula is C47H34BBr3N2O4. The van der Waals surface area contributed by atoms with Crippen LogP contribution in [0.4, 0.5) is 0 Å². The van der Waals surface area contributed by atoms with Gasteiger partial charge in [0.15, 0.2) is 0 Å². The lowest BCUT2D eigenvalue weighted by Crippen LogP contribution is -2.31. The van der Waals surface area contributed by atoms with Gasteiger partial charge in [0, 0.05) is 56.4 Å². The molecule has 0 aliphatic heterocycles. The standard InChI is InChI=1S/C23H14BrNO.C12H6Br2O.C11H10BNO2.CH4/c24-21-9-3-8-20-19-11-10-15(13-22(19)26-23(20)21)17-6-1-2-7-18(17)16-5-4-12-25-14-16;13-7-4-5-8-9-2-1-3-10(14)12(9)15-11(8)6-7;14-12(15)11-6-2-1-5-10(11)9-4-3-7-13-8-9;/h1-14H;1-6H;1-8,14-15H;1H4. The van der Waals surface area contributed by atoms with E-state index in [-0.39, 0.29) is 7.43 Å². The maximum atomic E-state index is 9.20. The van der Waals surface area contributed by atoms with Crippen molar-refractivity contribution in [1.29, 1.82) is 0 Å². The molecule has 0 fully saturated rings. The van der Waals surface area contributed by atoms with E-state index < -0.39 is 7.12 Å². The molecule has 10 heteroatoms. The first-order valence-corrected chi connectivity index (χ1v) is 20.0. The Morgan fingerprint density at radius 3 is 1.53 bits per heavy atom. The molecule has 0 aliphatic carbocycles.